The van der Waals surface area contributed by atoms with Gasteiger partial charge in [0.25, 0.3) is 5.91 Å². The molecule has 0 spiro atoms. The van der Waals surface area contributed by atoms with E-state index in [0.29, 0.717) is 5.56 Å². The Morgan fingerprint density at radius 1 is 1.29 bits per heavy atom. The monoisotopic (exact) mass is 303 g/mol. The Kier molecular flexibility index (Phi) is 3.78. The zero-order chi connectivity index (χ0) is 15.6. The van der Waals surface area contributed by atoms with Crippen LogP contribution in [0.4, 0.5) is 18.0 Å². The molecule has 0 saturated carbocycles. The summed E-state index contributed by atoms with van der Waals surface area (Å²) in [6.07, 6.45) is -2.38. The predicted octanol–water partition coefficient (Wildman–Crippen LogP) is 0.866. The maximum Gasteiger partial charge on any atom is 0.493 e. The molecule has 112 valence electrons. The first-order valence-corrected chi connectivity index (χ1v) is 5.59. The lowest BCUT2D eigenvalue weighted by Crippen LogP contribution is -2.39. The second-order valence-corrected chi connectivity index (χ2v) is 4.06. The Morgan fingerprint density at radius 3 is 2.48 bits per heavy atom. The number of hydroxylamine groups is 2. The highest BCUT2D eigenvalue weighted by Crippen LogP contribution is 2.20. The lowest BCUT2D eigenvalue weighted by atomic mass is 10.2. The van der Waals surface area contributed by atoms with Crippen molar-refractivity contribution >= 4 is 17.9 Å². The number of rotatable bonds is 3. The van der Waals surface area contributed by atoms with Crippen LogP contribution in [-0.2, 0) is 21.0 Å². The van der Waals surface area contributed by atoms with E-state index in [1.54, 1.807) is 12.1 Å². The Balaban J connectivity index is 2.05. The molecule has 0 radical (unpaired) electrons. The van der Waals surface area contributed by atoms with Crippen molar-refractivity contribution in [1.29, 1.82) is 0 Å². The Labute approximate surface area is 115 Å². The summed E-state index contributed by atoms with van der Waals surface area (Å²) in [6, 6.07) is 2.01. The second-order valence-electron chi connectivity index (χ2n) is 4.06. The zero-order valence-electron chi connectivity index (χ0n) is 10.3. The number of hydrogen-bond donors (Lipinski definition) is 0. The average molecular weight is 303 g/mol. The van der Waals surface area contributed by atoms with E-state index in [9.17, 15) is 27.6 Å². The topological polar surface area (TPSA) is 79.8 Å². The van der Waals surface area contributed by atoms with Crippen molar-refractivity contribution in [3.63, 3.8) is 0 Å². The first kappa shape index (κ1) is 14.8. The van der Waals surface area contributed by atoms with Crippen LogP contribution in [-0.4, -0.2) is 45.6 Å². The minimum Gasteiger partial charge on any atom is -0.320 e. The van der Waals surface area contributed by atoms with Crippen molar-refractivity contribution in [3.8, 4) is 0 Å². The Hall–Kier alpha value is -2.65. The molecule has 0 N–H and O–H groups in total. The third-order valence-electron chi connectivity index (χ3n) is 2.53. The van der Waals surface area contributed by atoms with Gasteiger partial charge in [-0.05, 0) is 17.7 Å². The van der Waals surface area contributed by atoms with Gasteiger partial charge in [-0.25, -0.2) is 9.59 Å². The van der Waals surface area contributed by atoms with E-state index in [0.717, 1.165) is 4.90 Å². The summed E-state index contributed by atoms with van der Waals surface area (Å²) in [7, 11) is 0. The van der Waals surface area contributed by atoms with Crippen molar-refractivity contribution in [2.75, 3.05) is 6.54 Å². The fraction of sp³-hybridized carbons (Fsp3) is 0.273. The Bertz CT molecular complexity index is 576. The van der Waals surface area contributed by atoms with Crippen molar-refractivity contribution in [3.05, 3.63) is 30.1 Å². The summed E-state index contributed by atoms with van der Waals surface area (Å²) in [4.78, 5) is 42.4. The SMILES string of the molecule is O=C1CN(Cc2ccncc2)C(=O)N1OC(=O)C(F)(F)F. The van der Waals surface area contributed by atoms with E-state index in [4.69, 9.17) is 0 Å². The molecule has 1 fully saturated rings. The van der Waals surface area contributed by atoms with E-state index < -0.39 is 30.6 Å². The number of hydrogen-bond acceptors (Lipinski definition) is 5. The van der Waals surface area contributed by atoms with Gasteiger partial charge in [0.15, 0.2) is 0 Å². The zero-order valence-corrected chi connectivity index (χ0v) is 10.3. The Morgan fingerprint density at radius 2 is 1.90 bits per heavy atom. The first-order chi connectivity index (χ1) is 9.79. The molecule has 1 saturated heterocycles. The predicted molar refractivity (Wildman–Crippen MR) is 59.0 cm³/mol. The summed E-state index contributed by atoms with van der Waals surface area (Å²) in [6.45, 7) is -0.501. The van der Waals surface area contributed by atoms with Crippen LogP contribution in [0, 0.1) is 0 Å². The van der Waals surface area contributed by atoms with Gasteiger partial charge >= 0.3 is 18.2 Å². The van der Waals surface area contributed by atoms with Gasteiger partial charge in [0.2, 0.25) is 0 Å². The lowest BCUT2D eigenvalue weighted by molar-refractivity contribution is -0.225. The smallest absolute Gasteiger partial charge is 0.320 e. The van der Waals surface area contributed by atoms with Crippen LogP contribution >= 0.6 is 0 Å². The maximum absolute atomic E-state index is 12.1. The average Bonchev–Trinajstić information content (AvgIpc) is 2.66. The first-order valence-electron chi connectivity index (χ1n) is 5.59. The van der Waals surface area contributed by atoms with Crippen LogP contribution in [0.3, 0.4) is 0 Å². The highest BCUT2D eigenvalue weighted by Gasteiger charge is 2.47. The standard InChI is InChI=1S/C11H8F3N3O4/c12-11(13,14)9(19)21-17-8(18)6-16(10(17)20)5-7-1-3-15-4-2-7/h1-4H,5-6H2. The number of halogens is 3. The highest BCUT2D eigenvalue weighted by molar-refractivity contribution is 6.01. The van der Waals surface area contributed by atoms with Crippen LogP contribution in [0.1, 0.15) is 5.56 Å². The number of pyridine rings is 1. The van der Waals surface area contributed by atoms with Gasteiger partial charge in [0.05, 0.1) is 0 Å². The lowest BCUT2D eigenvalue weighted by Gasteiger charge is -2.16. The van der Waals surface area contributed by atoms with Gasteiger partial charge in [-0.2, -0.15) is 13.2 Å². The molecule has 0 aromatic carbocycles. The van der Waals surface area contributed by atoms with Gasteiger partial charge in [-0.15, -0.1) is 0 Å². The molecule has 0 atom stereocenters. The number of imide groups is 1. The quantitative estimate of drug-likeness (QED) is 0.774. The molecule has 0 aliphatic carbocycles. The third-order valence-corrected chi connectivity index (χ3v) is 2.53. The molecule has 1 aromatic heterocycles. The molecular weight excluding hydrogens is 295 g/mol. The number of carbonyl (C=O) groups excluding carboxylic acids is 3. The van der Waals surface area contributed by atoms with Crippen LogP contribution in [0.2, 0.25) is 0 Å². The number of aromatic nitrogens is 1. The normalized spacial score (nSPS) is 15.6. The molecular formula is C11H8F3N3O4. The molecule has 1 aliphatic heterocycles. The van der Waals surface area contributed by atoms with E-state index in [1.807, 2.05) is 0 Å². The maximum atomic E-state index is 12.1. The molecule has 2 rings (SSSR count). The highest BCUT2D eigenvalue weighted by atomic mass is 19.4. The fourth-order valence-electron chi connectivity index (χ4n) is 1.59. The largest absolute Gasteiger partial charge is 0.493 e. The second kappa shape index (κ2) is 5.38. The van der Waals surface area contributed by atoms with Crippen LogP contribution in [0.25, 0.3) is 0 Å². The van der Waals surface area contributed by atoms with Crippen molar-refractivity contribution in [2.45, 2.75) is 12.7 Å². The molecule has 1 aliphatic rings. The van der Waals surface area contributed by atoms with Crippen molar-refractivity contribution in [2.24, 2.45) is 0 Å². The van der Waals surface area contributed by atoms with Gasteiger partial charge in [-0.1, -0.05) is 5.06 Å². The molecule has 1 aromatic rings. The van der Waals surface area contributed by atoms with Crippen LogP contribution < -0.4 is 0 Å². The van der Waals surface area contributed by atoms with Gasteiger partial charge in [-0.3, -0.25) is 9.78 Å². The minimum atomic E-state index is -5.29. The van der Waals surface area contributed by atoms with E-state index >= 15 is 0 Å². The fourth-order valence-corrected chi connectivity index (χ4v) is 1.59. The molecule has 0 bridgehead atoms. The van der Waals surface area contributed by atoms with Gasteiger partial charge in [0.1, 0.15) is 6.54 Å². The minimum absolute atomic E-state index is 0.0207. The van der Waals surface area contributed by atoms with E-state index in [1.165, 1.54) is 12.4 Å². The summed E-state index contributed by atoms with van der Waals surface area (Å²) in [5, 5.41) is -0.184. The molecule has 0 unspecified atom stereocenters. The summed E-state index contributed by atoms with van der Waals surface area (Å²) < 4.78 is 36.2. The number of alkyl halides is 3. The third kappa shape index (κ3) is 3.27. The molecule has 10 heteroatoms. The number of urea groups is 1. The number of carbonyl (C=O) groups is 3. The number of amides is 3. The van der Waals surface area contributed by atoms with Gasteiger partial charge < -0.3 is 9.74 Å². The summed E-state index contributed by atoms with van der Waals surface area (Å²) in [5.41, 5.74) is 0.621. The van der Waals surface area contributed by atoms with Crippen molar-refractivity contribution < 1.29 is 32.4 Å². The molecule has 21 heavy (non-hydrogen) atoms. The van der Waals surface area contributed by atoms with Crippen LogP contribution in [0.15, 0.2) is 24.5 Å². The number of nitrogens with zero attached hydrogens (tertiary/aromatic N) is 3. The van der Waals surface area contributed by atoms with E-state index in [2.05, 4.69) is 9.82 Å². The molecule has 2 heterocycles. The molecule has 7 nitrogen and oxygen atoms in total. The van der Waals surface area contributed by atoms with Crippen LogP contribution in [0.5, 0.6) is 0 Å². The molecule has 3 amide bonds. The van der Waals surface area contributed by atoms with Crippen molar-refractivity contribution in [1.82, 2.24) is 14.9 Å². The van der Waals surface area contributed by atoms with E-state index in [-0.39, 0.29) is 11.6 Å². The van der Waals surface area contributed by atoms with Gasteiger partial charge in [0, 0.05) is 18.9 Å². The summed E-state index contributed by atoms with van der Waals surface area (Å²) in [5.74, 6) is -3.68. The summed E-state index contributed by atoms with van der Waals surface area (Å²) >= 11 is 0.